The van der Waals surface area contributed by atoms with Gasteiger partial charge in [0.25, 0.3) is 0 Å². The number of hydrogen-bond acceptors (Lipinski definition) is 3. The molecule has 0 heterocycles. The molecule has 6 heteroatoms. The fourth-order valence-corrected chi connectivity index (χ4v) is 1.95. The molecule has 0 bridgehead atoms. The zero-order valence-corrected chi connectivity index (χ0v) is 12.7. The van der Waals surface area contributed by atoms with Crippen LogP contribution in [0, 0.1) is 17.0 Å². The lowest BCUT2D eigenvalue weighted by Crippen LogP contribution is -2.42. The van der Waals surface area contributed by atoms with Crippen molar-refractivity contribution in [1.82, 2.24) is 4.90 Å². The average Bonchev–Trinajstić information content (AvgIpc) is 2.42. The molecule has 0 aliphatic rings. The summed E-state index contributed by atoms with van der Waals surface area (Å²) in [4.78, 5) is 13.8. The van der Waals surface area contributed by atoms with Crippen molar-refractivity contribution in [2.24, 2.45) is 11.1 Å². The number of benzene rings is 1. The van der Waals surface area contributed by atoms with Crippen molar-refractivity contribution < 1.29 is 13.6 Å². The van der Waals surface area contributed by atoms with Crippen molar-refractivity contribution in [3.05, 3.63) is 29.8 Å². The maximum Gasteiger partial charge on any atom is 0.238 e. The highest BCUT2D eigenvalue weighted by Gasteiger charge is 2.21. The van der Waals surface area contributed by atoms with E-state index in [9.17, 15) is 13.6 Å². The highest BCUT2D eigenvalue weighted by molar-refractivity contribution is 5.92. The third-order valence-electron chi connectivity index (χ3n) is 3.25. The summed E-state index contributed by atoms with van der Waals surface area (Å²) in [5, 5.41) is 2.29. The molecule has 1 aromatic rings. The highest BCUT2D eigenvalue weighted by atomic mass is 19.1. The third kappa shape index (κ3) is 5.40. The summed E-state index contributed by atoms with van der Waals surface area (Å²) in [6.07, 6.45) is 0. The fourth-order valence-electron chi connectivity index (χ4n) is 1.95. The van der Waals surface area contributed by atoms with Crippen LogP contribution in [0.2, 0.25) is 0 Å². The van der Waals surface area contributed by atoms with Gasteiger partial charge >= 0.3 is 0 Å². The van der Waals surface area contributed by atoms with E-state index in [4.69, 9.17) is 5.73 Å². The van der Waals surface area contributed by atoms with Gasteiger partial charge in [0.1, 0.15) is 17.3 Å². The van der Waals surface area contributed by atoms with Crippen LogP contribution in [0.1, 0.15) is 20.8 Å². The van der Waals surface area contributed by atoms with Crippen molar-refractivity contribution in [2.45, 2.75) is 20.8 Å². The van der Waals surface area contributed by atoms with Crippen molar-refractivity contribution in [2.75, 3.05) is 31.5 Å². The standard InChI is InChI=1S/C15H23F2N3O/c1-4-20(10-15(2,3)9-18)8-13(21)19-14-11(16)6-5-7-12(14)17/h5-7H,4,8-10,18H2,1-3H3,(H,19,21). The molecular weight excluding hydrogens is 276 g/mol. The van der Waals surface area contributed by atoms with Crippen LogP contribution in [0.25, 0.3) is 0 Å². The average molecular weight is 299 g/mol. The first-order valence-electron chi connectivity index (χ1n) is 6.95. The number of carbonyl (C=O) groups is 1. The topological polar surface area (TPSA) is 58.4 Å². The van der Waals surface area contributed by atoms with Crippen LogP contribution in [0.3, 0.4) is 0 Å². The quantitative estimate of drug-likeness (QED) is 0.811. The van der Waals surface area contributed by atoms with E-state index in [0.717, 1.165) is 12.1 Å². The minimum atomic E-state index is -0.784. The Morgan fingerprint density at radius 3 is 2.38 bits per heavy atom. The number of amides is 1. The van der Waals surface area contributed by atoms with Gasteiger partial charge in [0.15, 0.2) is 0 Å². The monoisotopic (exact) mass is 299 g/mol. The maximum absolute atomic E-state index is 13.5. The normalized spacial score (nSPS) is 11.8. The van der Waals surface area contributed by atoms with Gasteiger partial charge in [-0.25, -0.2) is 8.78 Å². The van der Waals surface area contributed by atoms with Gasteiger partial charge in [0, 0.05) is 6.54 Å². The largest absolute Gasteiger partial charge is 0.330 e. The minimum absolute atomic E-state index is 0.0632. The molecule has 0 saturated carbocycles. The maximum atomic E-state index is 13.5. The van der Waals surface area contributed by atoms with Crippen LogP contribution in [-0.4, -0.2) is 37.0 Å². The van der Waals surface area contributed by atoms with Gasteiger partial charge in [-0.3, -0.25) is 9.69 Å². The molecule has 0 fully saturated rings. The Morgan fingerprint density at radius 1 is 1.33 bits per heavy atom. The second kappa shape index (κ2) is 7.47. The van der Waals surface area contributed by atoms with Crippen LogP contribution in [-0.2, 0) is 4.79 Å². The molecule has 1 rings (SSSR count). The molecule has 3 N–H and O–H groups in total. The Hall–Kier alpha value is -1.53. The lowest BCUT2D eigenvalue weighted by molar-refractivity contribution is -0.117. The number of nitrogens with one attached hydrogen (secondary N) is 1. The number of carbonyl (C=O) groups excluding carboxylic acids is 1. The van der Waals surface area contributed by atoms with E-state index in [-0.39, 0.29) is 12.0 Å². The van der Waals surface area contributed by atoms with Crippen molar-refractivity contribution in [3.8, 4) is 0 Å². The highest BCUT2D eigenvalue weighted by Crippen LogP contribution is 2.18. The zero-order chi connectivity index (χ0) is 16.0. The SMILES string of the molecule is CCN(CC(=O)Nc1c(F)cccc1F)CC(C)(C)CN. The van der Waals surface area contributed by atoms with Crippen molar-refractivity contribution in [1.29, 1.82) is 0 Å². The molecule has 118 valence electrons. The van der Waals surface area contributed by atoms with Gasteiger partial charge in [0.2, 0.25) is 5.91 Å². The predicted molar refractivity (Wildman–Crippen MR) is 79.9 cm³/mol. The molecule has 1 aromatic carbocycles. The van der Waals surface area contributed by atoms with E-state index in [0.29, 0.717) is 19.6 Å². The molecule has 0 aliphatic carbocycles. The van der Waals surface area contributed by atoms with Gasteiger partial charge in [-0.1, -0.05) is 26.8 Å². The van der Waals surface area contributed by atoms with E-state index in [1.807, 2.05) is 25.7 Å². The molecule has 0 aliphatic heterocycles. The molecule has 21 heavy (non-hydrogen) atoms. The number of nitrogens with zero attached hydrogens (tertiary/aromatic N) is 1. The first kappa shape index (κ1) is 17.5. The van der Waals surface area contributed by atoms with Gasteiger partial charge in [-0.15, -0.1) is 0 Å². The van der Waals surface area contributed by atoms with E-state index in [1.54, 1.807) is 0 Å². The van der Waals surface area contributed by atoms with Crippen LogP contribution >= 0.6 is 0 Å². The molecule has 0 saturated heterocycles. The van der Waals surface area contributed by atoms with Gasteiger partial charge < -0.3 is 11.1 Å². The van der Waals surface area contributed by atoms with Gasteiger partial charge in [0.05, 0.1) is 6.54 Å². The Morgan fingerprint density at radius 2 is 1.90 bits per heavy atom. The summed E-state index contributed by atoms with van der Waals surface area (Å²) in [5.74, 6) is -2.02. The van der Waals surface area contributed by atoms with E-state index < -0.39 is 23.2 Å². The van der Waals surface area contributed by atoms with Crippen LogP contribution in [0.4, 0.5) is 14.5 Å². The summed E-state index contributed by atoms with van der Waals surface area (Å²) in [6.45, 7) is 7.77. The summed E-state index contributed by atoms with van der Waals surface area (Å²) in [7, 11) is 0. The molecule has 0 atom stereocenters. The van der Waals surface area contributed by atoms with Crippen molar-refractivity contribution in [3.63, 3.8) is 0 Å². The summed E-state index contributed by atoms with van der Waals surface area (Å²) >= 11 is 0. The fraction of sp³-hybridized carbons (Fsp3) is 0.533. The Kier molecular flexibility index (Phi) is 6.23. The van der Waals surface area contributed by atoms with E-state index >= 15 is 0 Å². The number of likely N-dealkylation sites (N-methyl/N-ethyl adjacent to an activating group) is 1. The molecule has 4 nitrogen and oxygen atoms in total. The first-order valence-corrected chi connectivity index (χ1v) is 6.95. The van der Waals surface area contributed by atoms with Crippen LogP contribution < -0.4 is 11.1 Å². The summed E-state index contributed by atoms with van der Waals surface area (Å²) in [5.41, 5.74) is 5.15. The van der Waals surface area contributed by atoms with Gasteiger partial charge in [-0.05, 0) is 30.6 Å². The molecule has 0 aromatic heterocycles. The van der Waals surface area contributed by atoms with E-state index in [1.165, 1.54) is 6.07 Å². The summed E-state index contributed by atoms with van der Waals surface area (Å²) < 4.78 is 26.9. The zero-order valence-electron chi connectivity index (χ0n) is 12.7. The van der Waals surface area contributed by atoms with Crippen molar-refractivity contribution >= 4 is 11.6 Å². The molecular formula is C15H23F2N3O. The molecule has 0 unspecified atom stereocenters. The van der Waals surface area contributed by atoms with Crippen LogP contribution in [0.15, 0.2) is 18.2 Å². The number of halogens is 2. The Balaban J connectivity index is 2.67. The second-order valence-electron chi connectivity index (χ2n) is 5.82. The summed E-state index contributed by atoms with van der Waals surface area (Å²) in [6, 6.07) is 3.46. The third-order valence-corrected chi connectivity index (χ3v) is 3.25. The smallest absolute Gasteiger partial charge is 0.238 e. The van der Waals surface area contributed by atoms with Gasteiger partial charge in [-0.2, -0.15) is 0 Å². The molecule has 0 radical (unpaired) electrons. The van der Waals surface area contributed by atoms with Crippen LogP contribution in [0.5, 0.6) is 0 Å². The molecule has 0 spiro atoms. The number of rotatable bonds is 7. The Bertz CT molecular complexity index is 472. The lowest BCUT2D eigenvalue weighted by Gasteiger charge is -2.30. The van der Waals surface area contributed by atoms with E-state index in [2.05, 4.69) is 5.32 Å². The number of hydrogen-bond donors (Lipinski definition) is 2. The molecule has 1 amide bonds. The lowest BCUT2D eigenvalue weighted by atomic mass is 9.93. The first-order chi connectivity index (χ1) is 9.79. The Labute approximate surface area is 124 Å². The number of nitrogens with two attached hydrogens (primary N) is 1. The predicted octanol–water partition coefficient (Wildman–Crippen LogP) is 2.21. The second-order valence-corrected chi connectivity index (χ2v) is 5.82. The number of anilines is 1. The number of para-hydroxylation sites is 1. The minimum Gasteiger partial charge on any atom is -0.330 e.